The Kier molecular flexibility index (Phi) is 5.10. The van der Waals surface area contributed by atoms with Gasteiger partial charge in [-0.2, -0.15) is 0 Å². The van der Waals surface area contributed by atoms with Crippen LogP contribution >= 0.6 is 0 Å². The molecule has 132 valence electrons. The Morgan fingerprint density at radius 1 is 1.25 bits per heavy atom. The number of fused-ring (bicyclic) bond motifs is 1. The lowest BCUT2D eigenvalue weighted by molar-refractivity contribution is 0.190. The molecule has 7 heteroatoms. The Labute approximate surface area is 143 Å². The number of urea groups is 1. The van der Waals surface area contributed by atoms with Crippen molar-refractivity contribution in [1.82, 2.24) is 14.9 Å². The van der Waals surface area contributed by atoms with E-state index in [9.17, 15) is 13.2 Å². The number of nitrogens with one attached hydrogen (secondary N) is 2. The fraction of sp³-hybridized carbons (Fsp3) is 0.588. The summed E-state index contributed by atoms with van der Waals surface area (Å²) in [6.45, 7) is 0.843. The average molecular weight is 351 g/mol. The number of carbonyl (C=O) groups excluding carboxylic acids is 1. The van der Waals surface area contributed by atoms with Gasteiger partial charge in [-0.3, -0.25) is 0 Å². The smallest absolute Gasteiger partial charge is 0.317 e. The molecule has 1 aliphatic heterocycles. The normalized spacial score (nSPS) is 26.4. The second-order valence-electron chi connectivity index (χ2n) is 6.59. The van der Waals surface area contributed by atoms with Crippen molar-refractivity contribution in [1.29, 1.82) is 0 Å². The molecule has 3 rings (SSSR count). The molecule has 2 aliphatic rings. The van der Waals surface area contributed by atoms with E-state index in [0.29, 0.717) is 18.4 Å². The van der Waals surface area contributed by atoms with E-state index in [0.717, 1.165) is 19.3 Å². The first-order chi connectivity index (χ1) is 11.5. The fourth-order valence-electron chi connectivity index (χ4n) is 4.09. The zero-order valence-corrected chi connectivity index (χ0v) is 14.8. The van der Waals surface area contributed by atoms with Crippen LogP contribution in [-0.4, -0.2) is 51.3 Å². The second-order valence-corrected chi connectivity index (χ2v) is 8.63. The number of rotatable bonds is 5. The van der Waals surface area contributed by atoms with E-state index in [1.165, 1.54) is 12.6 Å². The summed E-state index contributed by atoms with van der Waals surface area (Å²) in [6.07, 6.45) is 3.34. The molecule has 1 saturated carbocycles. The van der Waals surface area contributed by atoms with Gasteiger partial charge in [0.15, 0.2) is 0 Å². The second kappa shape index (κ2) is 7.11. The number of amides is 2. The van der Waals surface area contributed by atoms with Gasteiger partial charge < -0.3 is 10.2 Å². The number of carbonyl (C=O) groups is 1. The van der Waals surface area contributed by atoms with Gasteiger partial charge in [-0.15, -0.1) is 0 Å². The van der Waals surface area contributed by atoms with Crippen LogP contribution in [0, 0.1) is 5.92 Å². The maximum Gasteiger partial charge on any atom is 0.317 e. The number of hydrogen-bond donors (Lipinski definition) is 2. The van der Waals surface area contributed by atoms with Crippen LogP contribution < -0.4 is 10.0 Å². The van der Waals surface area contributed by atoms with Crippen LogP contribution in [0.3, 0.4) is 0 Å². The van der Waals surface area contributed by atoms with Gasteiger partial charge in [-0.1, -0.05) is 36.8 Å². The van der Waals surface area contributed by atoms with Crippen LogP contribution in [0.5, 0.6) is 0 Å². The summed E-state index contributed by atoms with van der Waals surface area (Å²) >= 11 is 0. The Morgan fingerprint density at radius 2 is 2.00 bits per heavy atom. The molecule has 1 heterocycles. The summed E-state index contributed by atoms with van der Waals surface area (Å²) in [6, 6.07) is 10.5. The lowest BCUT2D eigenvalue weighted by atomic mass is 9.87. The zero-order chi connectivity index (χ0) is 17.2. The first kappa shape index (κ1) is 17.2. The standard InChI is InChI=1S/C17H25N3O3S/c1-18-24(22,23)11-10-19-17(21)20-12-15(13-6-3-2-4-7-13)14-8-5-9-16(14)20/h2-4,6-7,14-16,18H,5,8-12H2,1H3,(H,19,21). The van der Waals surface area contributed by atoms with Crippen LogP contribution in [0.2, 0.25) is 0 Å². The van der Waals surface area contributed by atoms with Crippen molar-refractivity contribution < 1.29 is 13.2 Å². The minimum Gasteiger partial charge on any atom is -0.337 e. The molecule has 2 N–H and O–H groups in total. The molecule has 3 unspecified atom stereocenters. The van der Waals surface area contributed by atoms with Gasteiger partial charge in [0.05, 0.1) is 5.75 Å². The van der Waals surface area contributed by atoms with Gasteiger partial charge in [0.2, 0.25) is 10.0 Å². The van der Waals surface area contributed by atoms with E-state index >= 15 is 0 Å². The molecule has 0 spiro atoms. The molecule has 1 saturated heterocycles. The van der Waals surface area contributed by atoms with E-state index in [1.54, 1.807) is 0 Å². The van der Waals surface area contributed by atoms with Crippen LogP contribution in [0.1, 0.15) is 30.7 Å². The summed E-state index contributed by atoms with van der Waals surface area (Å²) in [4.78, 5) is 14.5. The molecule has 0 aromatic heterocycles. The highest BCUT2D eigenvalue weighted by molar-refractivity contribution is 7.89. The number of nitrogens with zero attached hydrogens (tertiary/aromatic N) is 1. The molecule has 2 fully saturated rings. The third-order valence-corrected chi connectivity index (χ3v) is 6.65. The number of hydrogen-bond acceptors (Lipinski definition) is 3. The van der Waals surface area contributed by atoms with Gasteiger partial charge >= 0.3 is 6.03 Å². The monoisotopic (exact) mass is 351 g/mol. The maximum atomic E-state index is 12.5. The molecule has 6 nitrogen and oxygen atoms in total. The third-order valence-electron chi connectivity index (χ3n) is 5.29. The Balaban J connectivity index is 1.64. The molecule has 1 aromatic rings. The van der Waals surface area contributed by atoms with Crippen molar-refractivity contribution in [2.45, 2.75) is 31.2 Å². The Morgan fingerprint density at radius 3 is 2.71 bits per heavy atom. The van der Waals surface area contributed by atoms with Gasteiger partial charge in [0.1, 0.15) is 0 Å². The number of likely N-dealkylation sites (tertiary alicyclic amines) is 1. The zero-order valence-electron chi connectivity index (χ0n) is 13.9. The fourth-order valence-corrected chi connectivity index (χ4v) is 4.67. The summed E-state index contributed by atoms with van der Waals surface area (Å²) in [7, 11) is -1.91. The summed E-state index contributed by atoms with van der Waals surface area (Å²) < 4.78 is 25.1. The minimum atomic E-state index is -3.29. The van der Waals surface area contributed by atoms with Crippen molar-refractivity contribution >= 4 is 16.1 Å². The summed E-state index contributed by atoms with van der Waals surface area (Å²) in [5.41, 5.74) is 1.29. The van der Waals surface area contributed by atoms with Crippen molar-refractivity contribution in [2.24, 2.45) is 5.92 Å². The molecule has 2 amide bonds. The summed E-state index contributed by atoms with van der Waals surface area (Å²) in [5.74, 6) is 0.795. The highest BCUT2D eigenvalue weighted by Gasteiger charge is 2.46. The van der Waals surface area contributed by atoms with Crippen LogP contribution in [0.15, 0.2) is 30.3 Å². The van der Waals surface area contributed by atoms with Gasteiger partial charge in [0, 0.05) is 25.0 Å². The van der Waals surface area contributed by atoms with Gasteiger partial charge in [0.25, 0.3) is 0 Å². The number of benzene rings is 1. The highest BCUT2D eigenvalue weighted by atomic mass is 32.2. The first-order valence-electron chi connectivity index (χ1n) is 8.52. The quantitative estimate of drug-likeness (QED) is 0.844. The molecule has 1 aromatic carbocycles. The lowest BCUT2D eigenvalue weighted by Crippen LogP contribution is -2.45. The SMILES string of the molecule is CNS(=O)(=O)CCNC(=O)N1CC(c2ccccc2)C2CCCC21. The van der Waals surface area contributed by atoms with E-state index in [1.807, 2.05) is 23.1 Å². The molecular formula is C17H25N3O3S. The van der Waals surface area contributed by atoms with Gasteiger partial charge in [-0.05, 0) is 31.4 Å². The van der Waals surface area contributed by atoms with E-state index < -0.39 is 10.0 Å². The molecule has 3 atom stereocenters. The molecule has 24 heavy (non-hydrogen) atoms. The van der Waals surface area contributed by atoms with Crippen molar-refractivity contribution in [2.75, 3.05) is 25.9 Å². The molecule has 1 aliphatic carbocycles. The van der Waals surface area contributed by atoms with E-state index in [-0.39, 0.29) is 24.4 Å². The molecule has 0 bridgehead atoms. The van der Waals surface area contributed by atoms with Crippen LogP contribution in [0.4, 0.5) is 4.79 Å². The van der Waals surface area contributed by atoms with Crippen molar-refractivity contribution in [3.8, 4) is 0 Å². The largest absolute Gasteiger partial charge is 0.337 e. The Hall–Kier alpha value is -1.60. The van der Waals surface area contributed by atoms with Crippen LogP contribution in [0.25, 0.3) is 0 Å². The maximum absolute atomic E-state index is 12.5. The minimum absolute atomic E-state index is 0.0979. The van der Waals surface area contributed by atoms with Crippen LogP contribution in [-0.2, 0) is 10.0 Å². The van der Waals surface area contributed by atoms with Gasteiger partial charge in [-0.25, -0.2) is 17.9 Å². The lowest BCUT2D eigenvalue weighted by Gasteiger charge is -2.24. The van der Waals surface area contributed by atoms with E-state index in [4.69, 9.17) is 0 Å². The topological polar surface area (TPSA) is 78.5 Å². The Bertz CT molecular complexity index is 678. The third kappa shape index (κ3) is 3.57. The average Bonchev–Trinajstić information content (AvgIpc) is 3.17. The highest BCUT2D eigenvalue weighted by Crippen LogP contribution is 2.46. The molecular weight excluding hydrogens is 326 g/mol. The molecule has 0 radical (unpaired) electrons. The first-order valence-corrected chi connectivity index (χ1v) is 10.2. The number of sulfonamides is 1. The predicted molar refractivity (Wildman–Crippen MR) is 93.3 cm³/mol. The van der Waals surface area contributed by atoms with Crippen molar-refractivity contribution in [3.05, 3.63) is 35.9 Å². The predicted octanol–water partition coefficient (Wildman–Crippen LogP) is 1.51. The van der Waals surface area contributed by atoms with E-state index in [2.05, 4.69) is 22.2 Å². The van der Waals surface area contributed by atoms with Crippen molar-refractivity contribution in [3.63, 3.8) is 0 Å². The summed E-state index contributed by atoms with van der Waals surface area (Å²) in [5, 5.41) is 2.77.